The number of nitrogens with zero attached hydrogens (tertiary/aromatic N) is 4. The minimum absolute atomic E-state index is 0.0498. The summed E-state index contributed by atoms with van der Waals surface area (Å²) < 4.78 is 1.87. The molecule has 1 aliphatic rings. The predicted octanol–water partition coefficient (Wildman–Crippen LogP) is 3.36. The smallest absolute Gasteiger partial charge is 0.221 e. The summed E-state index contributed by atoms with van der Waals surface area (Å²) >= 11 is 4.73. The molecule has 1 aliphatic heterocycles. The molecule has 0 amide bonds. The van der Waals surface area contributed by atoms with Gasteiger partial charge in [0, 0.05) is 18.5 Å². The largest absolute Gasteiger partial charge is 0.493 e. The first-order valence-corrected chi connectivity index (χ1v) is 8.21. The van der Waals surface area contributed by atoms with E-state index in [-0.39, 0.29) is 11.0 Å². The SMILES string of the molecule is CC1CCN(Cn2c(O)c(N=NC(N)=S)c3ccccc32)CC1. The monoisotopic (exact) mass is 331 g/mol. The van der Waals surface area contributed by atoms with Crippen molar-refractivity contribution in [2.45, 2.75) is 26.4 Å². The fraction of sp³-hybridized carbons (Fsp3) is 0.438. The molecule has 0 unspecified atom stereocenters. The molecule has 0 spiro atoms. The van der Waals surface area contributed by atoms with Crippen molar-refractivity contribution in [2.24, 2.45) is 21.9 Å². The molecule has 3 N–H and O–H groups in total. The van der Waals surface area contributed by atoms with Crippen LogP contribution in [0.1, 0.15) is 19.8 Å². The lowest BCUT2D eigenvalue weighted by molar-refractivity contribution is 0.151. The van der Waals surface area contributed by atoms with Gasteiger partial charge < -0.3 is 10.8 Å². The number of azo groups is 1. The Labute approximate surface area is 140 Å². The molecule has 3 rings (SSSR count). The van der Waals surface area contributed by atoms with Gasteiger partial charge in [-0.2, -0.15) is 0 Å². The van der Waals surface area contributed by atoms with Crippen molar-refractivity contribution in [3.63, 3.8) is 0 Å². The Morgan fingerprint density at radius 1 is 1.35 bits per heavy atom. The first-order chi connectivity index (χ1) is 11.1. The van der Waals surface area contributed by atoms with Gasteiger partial charge in [0.2, 0.25) is 11.0 Å². The Hall–Kier alpha value is -1.99. The highest BCUT2D eigenvalue weighted by Gasteiger charge is 2.21. The molecular weight excluding hydrogens is 310 g/mol. The highest BCUT2D eigenvalue weighted by molar-refractivity contribution is 7.80. The van der Waals surface area contributed by atoms with E-state index in [1.807, 2.05) is 28.8 Å². The maximum atomic E-state index is 10.6. The Bertz CT molecular complexity index is 746. The highest BCUT2D eigenvalue weighted by atomic mass is 32.1. The van der Waals surface area contributed by atoms with Gasteiger partial charge in [-0.15, -0.1) is 10.2 Å². The fourth-order valence-corrected chi connectivity index (χ4v) is 3.06. The standard InChI is InChI=1S/C16H21N5OS/c1-11-6-8-20(9-7-11)10-21-13-5-3-2-4-12(13)14(15(21)22)18-19-16(17)23/h2-5,11,22H,6-10H2,1H3,(H2,17,23). The highest BCUT2D eigenvalue weighted by Crippen LogP contribution is 2.39. The molecule has 1 fully saturated rings. The first-order valence-electron chi connectivity index (χ1n) is 7.80. The van der Waals surface area contributed by atoms with Crippen molar-refractivity contribution in [1.82, 2.24) is 9.47 Å². The number of thiocarbonyl (C=S) groups is 1. The van der Waals surface area contributed by atoms with Crippen molar-refractivity contribution in [2.75, 3.05) is 13.1 Å². The van der Waals surface area contributed by atoms with Crippen molar-refractivity contribution >= 4 is 33.9 Å². The van der Waals surface area contributed by atoms with E-state index >= 15 is 0 Å². The zero-order valence-electron chi connectivity index (χ0n) is 13.1. The lowest BCUT2D eigenvalue weighted by Gasteiger charge is -2.30. The van der Waals surface area contributed by atoms with Crippen LogP contribution in [0.25, 0.3) is 10.9 Å². The molecule has 2 heterocycles. The van der Waals surface area contributed by atoms with Crippen molar-refractivity contribution in [3.05, 3.63) is 24.3 Å². The third kappa shape index (κ3) is 3.35. The minimum atomic E-state index is -0.0498. The average Bonchev–Trinajstić information content (AvgIpc) is 2.80. The molecule has 0 atom stereocenters. The van der Waals surface area contributed by atoms with Crippen LogP contribution in [0.4, 0.5) is 5.69 Å². The summed E-state index contributed by atoms with van der Waals surface area (Å²) in [5, 5.41) is 19.2. The summed E-state index contributed by atoms with van der Waals surface area (Å²) in [6.45, 7) is 5.00. The third-order valence-electron chi connectivity index (χ3n) is 4.38. The normalized spacial score (nSPS) is 17.3. The number of para-hydroxylation sites is 1. The molecule has 1 aromatic heterocycles. The third-order valence-corrected chi connectivity index (χ3v) is 4.47. The zero-order chi connectivity index (χ0) is 16.4. The summed E-state index contributed by atoms with van der Waals surface area (Å²) in [5.41, 5.74) is 6.72. The number of likely N-dealkylation sites (tertiary alicyclic amines) is 1. The summed E-state index contributed by atoms with van der Waals surface area (Å²) in [4.78, 5) is 2.35. The van der Waals surface area contributed by atoms with Crippen LogP contribution in [-0.4, -0.2) is 32.8 Å². The van der Waals surface area contributed by atoms with Crippen LogP contribution in [0.2, 0.25) is 0 Å². The van der Waals surface area contributed by atoms with Gasteiger partial charge in [0.05, 0.1) is 12.2 Å². The quantitative estimate of drug-likeness (QED) is 0.667. The predicted molar refractivity (Wildman–Crippen MR) is 94.9 cm³/mol. The van der Waals surface area contributed by atoms with Crippen molar-refractivity contribution in [3.8, 4) is 5.88 Å². The summed E-state index contributed by atoms with van der Waals surface area (Å²) in [7, 11) is 0. The Balaban J connectivity index is 1.96. The van der Waals surface area contributed by atoms with Gasteiger partial charge in [0.1, 0.15) is 0 Å². The van der Waals surface area contributed by atoms with E-state index in [0.717, 1.165) is 29.9 Å². The van der Waals surface area contributed by atoms with Crippen molar-refractivity contribution in [1.29, 1.82) is 0 Å². The molecule has 0 saturated carbocycles. The number of hydrogen-bond donors (Lipinski definition) is 2. The minimum Gasteiger partial charge on any atom is -0.493 e. The Kier molecular flexibility index (Phi) is 4.58. The van der Waals surface area contributed by atoms with Gasteiger partial charge >= 0.3 is 0 Å². The van der Waals surface area contributed by atoms with E-state index in [1.165, 1.54) is 12.8 Å². The van der Waals surface area contributed by atoms with Gasteiger partial charge in [-0.25, -0.2) is 0 Å². The molecule has 7 heteroatoms. The van der Waals surface area contributed by atoms with Crippen LogP contribution in [0.5, 0.6) is 5.88 Å². The van der Waals surface area contributed by atoms with E-state index in [1.54, 1.807) is 0 Å². The topological polar surface area (TPSA) is 79.1 Å². The molecule has 6 nitrogen and oxygen atoms in total. The number of benzene rings is 1. The van der Waals surface area contributed by atoms with Crippen molar-refractivity contribution < 1.29 is 5.11 Å². The fourth-order valence-electron chi connectivity index (χ4n) is 3.02. The second-order valence-corrected chi connectivity index (χ2v) is 6.52. The molecule has 1 saturated heterocycles. The van der Waals surface area contributed by atoms with E-state index < -0.39 is 0 Å². The van der Waals surface area contributed by atoms with E-state index in [9.17, 15) is 5.11 Å². The molecule has 0 radical (unpaired) electrons. The summed E-state index contributed by atoms with van der Waals surface area (Å²) in [5.74, 6) is 0.876. The number of aromatic hydroxyl groups is 1. The Morgan fingerprint density at radius 3 is 2.74 bits per heavy atom. The van der Waals surface area contributed by atoms with Crippen LogP contribution in [0, 0.1) is 5.92 Å². The van der Waals surface area contributed by atoms with E-state index in [2.05, 4.69) is 22.1 Å². The molecule has 0 bridgehead atoms. The lowest BCUT2D eigenvalue weighted by Crippen LogP contribution is -2.34. The van der Waals surface area contributed by atoms with Gasteiger partial charge in [-0.05, 0) is 37.0 Å². The van der Waals surface area contributed by atoms with Crippen LogP contribution < -0.4 is 5.73 Å². The van der Waals surface area contributed by atoms with Crippen LogP contribution in [0.3, 0.4) is 0 Å². The number of piperidine rings is 1. The number of nitrogens with two attached hydrogens (primary N) is 1. The zero-order valence-corrected chi connectivity index (χ0v) is 14.0. The second-order valence-electron chi connectivity index (χ2n) is 6.10. The lowest BCUT2D eigenvalue weighted by atomic mass is 10.00. The molecule has 2 aromatic rings. The first kappa shape index (κ1) is 15.9. The van der Waals surface area contributed by atoms with Gasteiger partial charge in [-0.1, -0.05) is 25.1 Å². The number of fused-ring (bicyclic) bond motifs is 1. The number of rotatable bonds is 3. The second kappa shape index (κ2) is 6.64. The molecule has 23 heavy (non-hydrogen) atoms. The van der Waals surface area contributed by atoms with E-state index in [0.29, 0.717) is 12.4 Å². The number of aromatic nitrogens is 1. The molecule has 1 aromatic carbocycles. The van der Waals surface area contributed by atoms with Crippen LogP contribution >= 0.6 is 12.2 Å². The van der Waals surface area contributed by atoms with Gasteiger partial charge in [0.15, 0.2) is 5.69 Å². The van der Waals surface area contributed by atoms with Crippen LogP contribution in [-0.2, 0) is 6.67 Å². The van der Waals surface area contributed by atoms with Gasteiger partial charge in [0.25, 0.3) is 0 Å². The maximum absolute atomic E-state index is 10.6. The molecule has 122 valence electrons. The summed E-state index contributed by atoms with van der Waals surface area (Å²) in [6, 6.07) is 7.75. The number of hydrogen-bond acceptors (Lipinski definition) is 4. The molecular formula is C16H21N5OS. The molecule has 0 aliphatic carbocycles. The Morgan fingerprint density at radius 2 is 2.04 bits per heavy atom. The van der Waals surface area contributed by atoms with E-state index in [4.69, 9.17) is 18.0 Å². The summed E-state index contributed by atoms with van der Waals surface area (Å²) in [6.07, 6.45) is 2.38. The average molecular weight is 331 g/mol. The van der Waals surface area contributed by atoms with Crippen LogP contribution in [0.15, 0.2) is 34.5 Å². The maximum Gasteiger partial charge on any atom is 0.221 e. The van der Waals surface area contributed by atoms with Gasteiger partial charge in [-0.3, -0.25) is 9.47 Å².